The van der Waals surface area contributed by atoms with Crippen molar-refractivity contribution in [1.29, 1.82) is 0 Å². The van der Waals surface area contributed by atoms with Crippen molar-refractivity contribution >= 4 is 29.2 Å². The summed E-state index contributed by atoms with van der Waals surface area (Å²) in [5, 5.41) is 7.07. The molecule has 2 atom stereocenters. The lowest BCUT2D eigenvalue weighted by Crippen LogP contribution is -2.31. The molecule has 6 heteroatoms. The zero-order chi connectivity index (χ0) is 12.0. The van der Waals surface area contributed by atoms with Crippen LogP contribution in [0.4, 0.5) is 5.82 Å². The van der Waals surface area contributed by atoms with Crippen LogP contribution in [0.2, 0.25) is 0 Å². The minimum absolute atomic E-state index is 0.162. The number of allylic oxidation sites excluding steroid dienone is 2. The van der Waals surface area contributed by atoms with Gasteiger partial charge in [0, 0.05) is 11.1 Å². The highest BCUT2D eigenvalue weighted by Crippen LogP contribution is 2.40. The Kier molecular flexibility index (Phi) is 2.29. The summed E-state index contributed by atoms with van der Waals surface area (Å²) >= 11 is 5.93. The summed E-state index contributed by atoms with van der Waals surface area (Å²) in [6, 6.07) is 1.61. The number of carbonyl (C=O) groups is 2. The number of hydrogen-bond donors (Lipinski definition) is 1. The molecule has 0 bridgehead atoms. The van der Waals surface area contributed by atoms with E-state index in [9.17, 15) is 9.59 Å². The number of aromatic amines is 1. The summed E-state index contributed by atoms with van der Waals surface area (Å²) in [5.41, 5.74) is 0. The largest absolute Gasteiger partial charge is 0.274 e. The predicted octanol–water partition coefficient (Wildman–Crippen LogP) is 1.43. The molecule has 1 aromatic rings. The molecule has 5 nitrogen and oxygen atoms in total. The Morgan fingerprint density at radius 1 is 1.35 bits per heavy atom. The summed E-state index contributed by atoms with van der Waals surface area (Å²) in [6.45, 7) is 0. The zero-order valence-corrected chi connectivity index (χ0v) is 9.65. The van der Waals surface area contributed by atoms with Crippen LogP contribution in [0.3, 0.4) is 0 Å². The molecule has 1 fully saturated rings. The number of hydrogen-bond acceptors (Lipinski definition) is 3. The van der Waals surface area contributed by atoms with Crippen molar-refractivity contribution in [3.8, 4) is 0 Å². The number of amides is 2. The van der Waals surface area contributed by atoms with Crippen LogP contribution in [0.15, 0.2) is 23.4 Å². The number of nitrogens with zero attached hydrogens (tertiary/aromatic N) is 2. The lowest BCUT2D eigenvalue weighted by atomic mass is 9.85. The molecule has 1 aliphatic carbocycles. The quantitative estimate of drug-likeness (QED) is 0.768. The maximum Gasteiger partial charge on any atom is 0.239 e. The fourth-order valence-corrected chi connectivity index (χ4v) is 2.69. The maximum absolute atomic E-state index is 12.2. The predicted molar refractivity (Wildman–Crippen MR) is 61.2 cm³/mol. The molecular weight excluding hydrogens is 242 g/mol. The van der Waals surface area contributed by atoms with Crippen molar-refractivity contribution in [3.05, 3.63) is 23.4 Å². The van der Waals surface area contributed by atoms with E-state index >= 15 is 0 Å². The number of imide groups is 1. The minimum atomic E-state index is -0.316. The number of aromatic nitrogens is 2. The van der Waals surface area contributed by atoms with Crippen LogP contribution >= 0.6 is 11.6 Å². The third-order valence-electron chi connectivity index (χ3n) is 3.30. The first kappa shape index (κ1) is 10.5. The molecule has 0 unspecified atom stereocenters. The Morgan fingerprint density at radius 3 is 2.82 bits per heavy atom. The number of fused-ring (bicyclic) bond motifs is 1. The average molecular weight is 252 g/mol. The number of rotatable bonds is 1. The Hall–Kier alpha value is -1.62. The van der Waals surface area contributed by atoms with Gasteiger partial charge >= 0.3 is 0 Å². The maximum atomic E-state index is 12.2. The molecule has 0 saturated carbocycles. The molecule has 88 valence electrons. The van der Waals surface area contributed by atoms with Crippen LogP contribution in [0.25, 0.3) is 0 Å². The second kappa shape index (κ2) is 3.70. The molecule has 1 saturated heterocycles. The van der Waals surface area contributed by atoms with Crippen LogP contribution in [-0.4, -0.2) is 22.0 Å². The fourth-order valence-electron chi connectivity index (χ4n) is 2.44. The molecule has 17 heavy (non-hydrogen) atoms. The van der Waals surface area contributed by atoms with E-state index < -0.39 is 0 Å². The number of halogens is 1. The molecule has 2 aliphatic rings. The topological polar surface area (TPSA) is 66.1 Å². The van der Waals surface area contributed by atoms with Gasteiger partial charge in [-0.25, -0.2) is 4.90 Å². The fraction of sp³-hybridized carbons (Fsp3) is 0.364. The van der Waals surface area contributed by atoms with Gasteiger partial charge in [-0.15, -0.1) is 0 Å². The molecule has 0 aromatic carbocycles. The highest BCUT2D eigenvalue weighted by atomic mass is 35.5. The number of H-pyrrole nitrogens is 1. The molecular formula is C11H10ClN3O2. The van der Waals surface area contributed by atoms with E-state index in [1.807, 2.05) is 6.08 Å². The smallest absolute Gasteiger partial charge is 0.239 e. The van der Waals surface area contributed by atoms with E-state index in [-0.39, 0.29) is 23.7 Å². The first-order chi connectivity index (χ1) is 8.18. The lowest BCUT2D eigenvalue weighted by Gasteiger charge is -2.17. The number of anilines is 1. The average Bonchev–Trinajstić information content (AvgIpc) is 2.88. The van der Waals surface area contributed by atoms with Gasteiger partial charge in [0.1, 0.15) is 5.82 Å². The van der Waals surface area contributed by atoms with Crippen LogP contribution in [-0.2, 0) is 9.59 Å². The van der Waals surface area contributed by atoms with Crippen molar-refractivity contribution in [3.63, 3.8) is 0 Å². The minimum Gasteiger partial charge on any atom is -0.274 e. The van der Waals surface area contributed by atoms with Crippen LogP contribution in [0.1, 0.15) is 12.8 Å². The normalized spacial score (nSPS) is 28.3. The van der Waals surface area contributed by atoms with Gasteiger partial charge < -0.3 is 0 Å². The molecule has 0 radical (unpaired) electrons. The van der Waals surface area contributed by atoms with Gasteiger partial charge in [0.2, 0.25) is 11.8 Å². The number of nitrogens with one attached hydrogen (secondary N) is 1. The Balaban J connectivity index is 1.96. The lowest BCUT2D eigenvalue weighted by molar-refractivity contribution is -0.122. The number of carbonyl (C=O) groups excluding carboxylic acids is 2. The van der Waals surface area contributed by atoms with E-state index in [0.29, 0.717) is 23.7 Å². The molecule has 2 amide bonds. The third kappa shape index (κ3) is 1.50. The second-order valence-electron chi connectivity index (χ2n) is 4.26. The Morgan fingerprint density at radius 2 is 2.12 bits per heavy atom. The van der Waals surface area contributed by atoms with Gasteiger partial charge in [-0.3, -0.25) is 14.7 Å². The molecule has 1 N–H and O–H groups in total. The summed E-state index contributed by atoms with van der Waals surface area (Å²) in [4.78, 5) is 25.5. The zero-order valence-electron chi connectivity index (χ0n) is 8.89. The highest BCUT2D eigenvalue weighted by molar-refractivity contribution is 6.30. The molecule has 3 rings (SSSR count). The van der Waals surface area contributed by atoms with Crippen LogP contribution in [0, 0.1) is 11.8 Å². The molecule has 2 heterocycles. The summed E-state index contributed by atoms with van der Waals surface area (Å²) in [6.07, 6.45) is 4.34. The van der Waals surface area contributed by atoms with Gasteiger partial charge in [0.05, 0.1) is 18.0 Å². The molecule has 0 spiro atoms. The van der Waals surface area contributed by atoms with Crippen molar-refractivity contribution in [1.82, 2.24) is 10.2 Å². The SMILES string of the molecule is O=C1[C@H]2CC=C(Cl)C[C@@H]2C(=O)N1c1ccn[nH]1. The van der Waals surface area contributed by atoms with Crippen molar-refractivity contribution in [2.45, 2.75) is 12.8 Å². The van der Waals surface area contributed by atoms with Gasteiger partial charge in [-0.2, -0.15) is 5.10 Å². The summed E-state index contributed by atoms with van der Waals surface area (Å²) < 4.78 is 0. The second-order valence-corrected chi connectivity index (χ2v) is 4.74. The third-order valence-corrected chi connectivity index (χ3v) is 3.60. The van der Waals surface area contributed by atoms with E-state index in [0.717, 1.165) is 0 Å². The molecule has 1 aromatic heterocycles. The van der Waals surface area contributed by atoms with Crippen molar-refractivity contribution in [2.75, 3.05) is 4.90 Å². The van der Waals surface area contributed by atoms with Gasteiger partial charge in [0.25, 0.3) is 0 Å². The van der Waals surface area contributed by atoms with Crippen LogP contribution in [0.5, 0.6) is 0 Å². The first-order valence-electron chi connectivity index (χ1n) is 5.40. The first-order valence-corrected chi connectivity index (χ1v) is 5.78. The monoisotopic (exact) mass is 251 g/mol. The van der Waals surface area contributed by atoms with Gasteiger partial charge in [-0.05, 0) is 12.8 Å². The van der Waals surface area contributed by atoms with Gasteiger partial charge in [0.15, 0.2) is 0 Å². The van der Waals surface area contributed by atoms with Crippen molar-refractivity contribution in [2.24, 2.45) is 11.8 Å². The van der Waals surface area contributed by atoms with Crippen LogP contribution < -0.4 is 4.90 Å². The van der Waals surface area contributed by atoms with E-state index in [2.05, 4.69) is 10.2 Å². The Bertz CT molecular complexity index is 509. The van der Waals surface area contributed by atoms with E-state index in [4.69, 9.17) is 11.6 Å². The van der Waals surface area contributed by atoms with Crippen molar-refractivity contribution < 1.29 is 9.59 Å². The standard InChI is InChI=1S/C11H10ClN3O2/c12-6-1-2-7-8(5-6)11(17)15(10(7)16)9-3-4-13-14-9/h1,3-4,7-8H,2,5H2,(H,13,14)/t7-,8-/m0/s1. The summed E-state index contributed by atoms with van der Waals surface area (Å²) in [7, 11) is 0. The summed E-state index contributed by atoms with van der Waals surface area (Å²) in [5.74, 6) is -0.498. The Labute approximate surface area is 102 Å². The highest BCUT2D eigenvalue weighted by Gasteiger charge is 2.49. The van der Waals surface area contributed by atoms with E-state index in [1.165, 1.54) is 11.1 Å². The molecule has 1 aliphatic heterocycles. The van der Waals surface area contributed by atoms with E-state index in [1.54, 1.807) is 6.07 Å². The van der Waals surface area contributed by atoms with Gasteiger partial charge in [-0.1, -0.05) is 17.7 Å².